The Bertz CT molecular complexity index is 3.25. The Hall–Kier alpha value is 3.68. The monoisotopic (exact) mass is 212 g/mol. The first-order valence-corrected chi connectivity index (χ1v) is 0. The quantitative estimate of drug-likeness (QED) is 0.446. The third-order valence-electron chi connectivity index (χ3n) is 0. The molecule has 0 amide bonds. The van der Waals surface area contributed by atoms with Crippen LogP contribution in [0.4, 0.5) is 0 Å². The average Bonchev–Trinajstić information content (AvgIpc) is 0. The average molecular weight is 213 g/mol. The predicted molar refractivity (Wildman–Crippen MR) is 17.3 cm³/mol. The maximum atomic E-state index is 0. The molecule has 0 aromatic carbocycles. The van der Waals surface area contributed by atoms with Gasteiger partial charge in [0.05, 0.1) is 0 Å². The molecule has 4 heteroatoms. The van der Waals surface area contributed by atoms with Gasteiger partial charge in [0.25, 0.3) is 0 Å². The van der Waals surface area contributed by atoms with Gasteiger partial charge in [-0.1, -0.05) is 0 Å². The van der Waals surface area contributed by atoms with E-state index in [9.17, 15) is 0 Å². The van der Waals surface area contributed by atoms with Crippen molar-refractivity contribution < 1.29 is 41.7 Å². The van der Waals surface area contributed by atoms with Gasteiger partial charge in [0, 0.05) is 111 Å². The Labute approximate surface area is 108 Å². The van der Waals surface area contributed by atoms with E-state index in [1.165, 1.54) is 0 Å². The van der Waals surface area contributed by atoms with Gasteiger partial charge in [-0.3, -0.25) is 0 Å². The van der Waals surface area contributed by atoms with Crippen molar-refractivity contribution >= 4 is 69.2 Å². The Balaban J connectivity index is 0. The SMILES string of the molecule is [Ce].[Mg].[Mg].[Mg]. The molecule has 10 valence electrons. The van der Waals surface area contributed by atoms with Gasteiger partial charge in [-0.05, 0) is 0 Å². The first kappa shape index (κ1) is 25.3. The van der Waals surface area contributed by atoms with Crippen LogP contribution < -0.4 is 0 Å². The van der Waals surface area contributed by atoms with Crippen molar-refractivity contribution in [2.75, 3.05) is 0 Å². The fraction of sp³-hybridized carbons (Fsp3) is 0. The van der Waals surface area contributed by atoms with Gasteiger partial charge >= 0.3 is 0 Å². The summed E-state index contributed by atoms with van der Waals surface area (Å²) < 4.78 is 0. The Morgan fingerprint density at radius 3 is 0.500 bits per heavy atom. The number of hydrogen-bond acceptors (Lipinski definition) is 0. The molecule has 0 aliphatic carbocycles. The molecule has 0 saturated carbocycles. The van der Waals surface area contributed by atoms with Crippen LogP contribution >= 0.6 is 0 Å². The molecule has 0 bridgehead atoms. The second kappa shape index (κ2) is 15.9. The first-order valence-electron chi connectivity index (χ1n) is 0. The second-order valence-electron chi connectivity index (χ2n) is 0. The molecule has 0 saturated heterocycles. The summed E-state index contributed by atoms with van der Waals surface area (Å²) in [7, 11) is 0. The van der Waals surface area contributed by atoms with Crippen molar-refractivity contribution in [3.63, 3.8) is 0 Å². The summed E-state index contributed by atoms with van der Waals surface area (Å²) in [6.45, 7) is 0. The van der Waals surface area contributed by atoms with Gasteiger partial charge in [-0.15, -0.1) is 0 Å². The topological polar surface area (TPSA) is 0 Å². The molecule has 0 atom stereocenters. The third-order valence-corrected chi connectivity index (χ3v) is 0. The molecule has 0 spiro atoms. The fourth-order valence-electron chi connectivity index (χ4n) is 0. The van der Waals surface area contributed by atoms with E-state index >= 15 is 0 Å². The maximum Gasteiger partial charge on any atom is 0 e. The molecular formula is CeMg3. The molecular weight excluding hydrogens is 213 g/mol. The second-order valence-corrected chi connectivity index (χ2v) is 0. The van der Waals surface area contributed by atoms with Crippen LogP contribution in [0.3, 0.4) is 0 Å². The molecule has 4 heavy (non-hydrogen) atoms. The van der Waals surface area contributed by atoms with Crippen molar-refractivity contribution in [1.82, 2.24) is 0 Å². The molecule has 6 radical (unpaired) electrons. The van der Waals surface area contributed by atoms with Gasteiger partial charge in [-0.2, -0.15) is 0 Å². The van der Waals surface area contributed by atoms with Gasteiger partial charge in [0.2, 0.25) is 0 Å². The molecule has 0 heterocycles. The zero-order valence-corrected chi connectivity index (χ0v) is 10.0. The Morgan fingerprint density at radius 2 is 0.500 bits per heavy atom. The third kappa shape index (κ3) is 9.18. The van der Waals surface area contributed by atoms with Crippen LogP contribution in [0.1, 0.15) is 0 Å². The number of hydrogen-bond donors (Lipinski definition) is 0. The minimum Gasteiger partial charge on any atom is 0 e. The van der Waals surface area contributed by atoms with E-state index in [4.69, 9.17) is 0 Å². The normalized spacial score (nSPS) is 0. The predicted octanol–water partition coefficient (Wildman–Crippen LogP) is -1.14. The molecule has 0 aliphatic rings. The van der Waals surface area contributed by atoms with Crippen LogP contribution in [0, 0.1) is 41.7 Å². The van der Waals surface area contributed by atoms with Crippen LogP contribution in [0.5, 0.6) is 0 Å². The van der Waals surface area contributed by atoms with Gasteiger partial charge in [0.1, 0.15) is 0 Å². The largest absolute Gasteiger partial charge is 0 e. The van der Waals surface area contributed by atoms with Crippen molar-refractivity contribution in [2.45, 2.75) is 0 Å². The molecule has 0 unspecified atom stereocenters. The molecule has 0 nitrogen and oxygen atoms in total. The Kier molecular flexibility index (Phi) is 101. The fourth-order valence-corrected chi connectivity index (χ4v) is 0. The van der Waals surface area contributed by atoms with E-state index in [-0.39, 0.29) is 111 Å². The van der Waals surface area contributed by atoms with E-state index in [2.05, 4.69) is 0 Å². The van der Waals surface area contributed by atoms with Gasteiger partial charge in [-0.25, -0.2) is 0 Å². The summed E-state index contributed by atoms with van der Waals surface area (Å²) in [5, 5.41) is 0. The minimum absolute atomic E-state index is 0. The minimum atomic E-state index is 0. The zero-order valence-electron chi connectivity index (χ0n) is 2.62. The first-order chi connectivity index (χ1) is 0. The van der Waals surface area contributed by atoms with Crippen LogP contribution in [0.2, 0.25) is 0 Å². The summed E-state index contributed by atoms with van der Waals surface area (Å²) in [4.78, 5) is 0. The van der Waals surface area contributed by atoms with Crippen LogP contribution in [0.25, 0.3) is 0 Å². The van der Waals surface area contributed by atoms with Crippen LogP contribution in [0.15, 0.2) is 0 Å². The van der Waals surface area contributed by atoms with Gasteiger partial charge < -0.3 is 0 Å². The number of rotatable bonds is 0. The summed E-state index contributed by atoms with van der Waals surface area (Å²) in [6, 6.07) is 0. The molecule has 0 rings (SSSR count). The van der Waals surface area contributed by atoms with Crippen LogP contribution in [-0.2, 0) is 0 Å². The Morgan fingerprint density at radius 1 is 0.500 bits per heavy atom. The van der Waals surface area contributed by atoms with Crippen molar-refractivity contribution in [3.8, 4) is 0 Å². The molecule has 0 N–H and O–H groups in total. The summed E-state index contributed by atoms with van der Waals surface area (Å²) in [6.07, 6.45) is 0. The molecule has 0 aliphatic heterocycles. The maximum absolute atomic E-state index is 0. The summed E-state index contributed by atoms with van der Waals surface area (Å²) in [5.74, 6) is 0. The molecule has 0 aromatic heterocycles. The summed E-state index contributed by atoms with van der Waals surface area (Å²) in [5.41, 5.74) is 0. The standard InChI is InChI=1S/Ce.3Mg. The van der Waals surface area contributed by atoms with Gasteiger partial charge in [0.15, 0.2) is 0 Å². The van der Waals surface area contributed by atoms with E-state index in [1.807, 2.05) is 0 Å². The van der Waals surface area contributed by atoms with E-state index < -0.39 is 0 Å². The summed E-state index contributed by atoms with van der Waals surface area (Å²) >= 11 is 0. The van der Waals surface area contributed by atoms with E-state index in [1.54, 1.807) is 0 Å². The molecule has 0 fully saturated rings. The molecule has 0 aromatic rings. The zero-order chi connectivity index (χ0) is 0. The van der Waals surface area contributed by atoms with Crippen molar-refractivity contribution in [3.05, 3.63) is 0 Å². The van der Waals surface area contributed by atoms with Crippen LogP contribution in [-0.4, -0.2) is 69.2 Å². The smallest absolute Gasteiger partial charge is 0 e. The van der Waals surface area contributed by atoms with Crippen molar-refractivity contribution in [1.29, 1.82) is 0 Å². The van der Waals surface area contributed by atoms with E-state index in [0.29, 0.717) is 0 Å². The van der Waals surface area contributed by atoms with Crippen molar-refractivity contribution in [2.24, 2.45) is 0 Å². The van der Waals surface area contributed by atoms with E-state index in [0.717, 1.165) is 0 Å².